The topological polar surface area (TPSA) is 0 Å². The molecule has 0 heterocycles. The number of hydrogen-bond acceptors (Lipinski definition) is 0. The van der Waals surface area contributed by atoms with Gasteiger partial charge >= 0.3 is 0 Å². The van der Waals surface area contributed by atoms with Gasteiger partial charge < -0.3 is 16.9 Å². The molecule has 1 nitrogen and oxygen atoms in total. The van der Waals surface area contributed by atoms with Crippen molar-refractivity contribution >= 4 is 0 Å². The van der Waals surface area contributed by atoms with Crippen LogP contribution in [-0.2, 0) is 6.54 Å². The predicted molar refractivity (Wildman–Crippen MR) is 78.3 cm³/mol. The molecule has 1 saturated carbocycles. The molecule has 0 unspecified atom stereocenters. The number of halogens is 1. The Kier molecular flexibility index (Phi) is 5.64. The van der Waals surface area contributed by atoms with Gasteiger partial charge in [-0.15, -0.1) is 0 Å². The highest BCUT2D eigenvalue weighted by Crippen LogP contribution is 2.38. The molecule has 106 valence electrons. The van der Waals surface area contributed by atoms with Gasteiger partial charge in [0.05, 0.1) is 14.1 Å². The second kappa shape index (κ2) is 6.58. The summed E-state index contributed by atoms with van der Waals surface area (Å²) in [5, 5.41) is 0. The van der Waals surface area contributed by atoms with E-state index < -0.39 is 0 Å². The van der Waals surface area contributed by atoms with Crippen molar-refractivity contribution < 1.29 is 16.9 Å². The molecule has 0 spiro atoms. The number of rotatable bonds is 4. The lowest BCUT2D eigenvalue weighted by Gasteiger charge is -2.49. The van der Waals surface area contributed by atoms with Gasteiger partial charge in [-0.05, 0) is 18.9 Å². The molecule has 19 heavy (non-hydrogen) atoms. The van der Waals surface area contributed by atoms with E-state index in [1.807, 2.05) is 0 Å². The molecule has 2 heteroatoms. The lowest BCUT2D eigenvalue weighted by Crippen LogP contribution is -3.00. The fraction of sp³-hybridized carbons (Fsp3) is 0.529. The summed E-state index contributed by atoms with van der Waals surface area (Å²) < 4.78 is 1.03. The Morgan fingerprint density at radius 3 is 2.21 bits per heavy atom. The number of quaternary nitrogens is 1. The van der Waals surface area contributed by atoms with Crippen LogP contribution in [0.2, 0.25) is 0 Å². The molecule has 0 saturated heterocycles. The van der Waals surface area contributed by atoms with Gasteiger partial charge in [0.1, 0.15) is 12.1 Å². The smallest absolute Gasteiger partial charge is 0.117 e. The SMILES string of the molecule is C=CC1([N+](C)(C)Cc2ccccc2)CCCCC1.[Cl-]. The number of benzene rings is 1. The summed E-state index contributed by atoms with van der Waals surface area (Å²) in [6, 6.07) is 10.8. The molecule has 0 N–H and O–H groups in total. The highest BCUT2D eigenvalue weighted by atomic mass is 35.5. The van der Waals surface area contributed by atoms with Crippen molar-refractivity contribution in [1.29, 1.82) is 0 Å². The molecule has 0 atom stereocenters. The van der Waals surface area contributed by atoms with Gasteiger partial charge in [0.25, 0.3) is 0 Å². The van der Waals surface area contributed by atoms with Crippen LogP contribution in [0, 0.1) is 0 Å². The van der Waals surface area contributed by atoms with Crippen LogP contribution in [0.25, 0.3) is 0 Å². The Morgan fingerprint density at radius 1 is 1.11 bits per heavy atom. The third-order valence-corrected chi connectivity index (χ3v) is 4.73. The van der Waals surface area contributed by atoms with Crippen LogP contribution in [0.1, 0.15) is 37.7 Å². The Labute approximate surface area is 124 Å². The molecule has 0 bridgehead atoms. The lowest BCUT2D eigenvalue weighted by molar-refractivity contribution is -0.948. The van der Waals surface area contributed by atoms with E-state index in [9.17, 15) is 0 Å². The molecule has 1 aromatic carbocycles. The van der Waals surface area contributed by atoms with Crippen LogP contribution in [0.5, 0.6) is 0 Å². The van der Waals surface area contributed by atoms with E-state index in [1.54, 1.807) is 0 Å². The summed E-state index contributed by atoms with van der Waals surface area (Å²) in [5.41, 5.74) is 1.70. The minimum atomic E-state index is 0. The van der Waals surface area contributed by atoms with Gasteiger partial charge in [-0.2, -0.15) is 0 Å². The fourth-order valence-electron chi connectivity index (χ4n) is 3.42. The zero-order chi connectivity index (χ0) is 13.1. The minimum absolute atomic E-state index is 0. The first-order valence-electron chi connectivity index (χ1n) is 7.10. The highest BCUT2D eigenvalue weighted by Gasteiger charge is 2.43. The molecule has 1 fully saturated rings. The van der Waals surface area contributed by atoms with Gasteiger partial charge in [0.2, 0.25) is 0 Å². The van der Waals surface area contributed by atoms with Gasteiger partial charge in [-0.25, -0.2) is 0 Å². The third kappa shape index (κ3) is 3.40. The van der Waals surface area contributed by atoms with Crippen molar-refractivity contribution in [2.45, 2.75) is 44.2 Å². The van der Waals surface area contributed by atoms with Crippen molar-refractivity contribution in [3.63, 3.8) is 0 Å². The lowest BCUT2D eigenvalue weighted by atomic mass is 9.78. The van der Waals surface area contributed by atoms with E-state index in [0.29, 0.717) is 0 Å². The quantitative estimate of drug-likeness (QED) is 0.573. The second-order valence-corrected chi connectivity index (χ2v) is 6.20. The molecule has 1 aliphatic rings. The average Bonchev–Trinajstić information content (AvgIpc) is 2.40. The Hall–Kier alpha value is -0.790. The summed E-state index contributed by atoms with van der Waals surface area (Å²) in [7, 11) is 4.72. The summed E-state index contributed by atoms with van der Waals surface area (Å²) in [6.07, 6.45) is 8.90. The van der Waals surface area contributed by atoms with Crippen LogP contribution < -0.4 is 12.4 Å². The van der Waals surface area contributed by atoms with Gasteiger partial charge in [0, 0.05) is 18.4 Å². The number of likely N-dealkylation sites (N-methyl/N-ethyl adjacent to an activating group) is 1. The largest absolute Gasteiger partial charge is 1.00 e. The minimum Gasteiger partial charge on any atom is -1.00 e. The first kappa shape index (κ1) is 16.3. The van der Waals surface area contributed by atoms with E-state index in [4.69, 9.17) is 0 Å². The summed E-state index contributed by atoms with van der Waals surface area (Å²) in [5.74, 6) is 0. The van der Waals surface area contributed by atoms with E-state index in [0.717, 1.165) is 11.0 Å². The second-order valence-electron chi connectivity index (χ2n) is 6.20. The van der Waals surface area contributed by atoms with E-state index in [-0.39, 0.29) is 17.9 Å². The van der Waals surface area contributed by atoms with Crippen LogP contribution in [0.3, 0.4) is 0 Å². The molecular weight excluding hydrogens is 254 g/mol. The highest BCUT2D eigenvalue weighted by molar-refractivity contribution is 5.14. The zero-order valence-electron chi connectivity index (χ0n) is 12.2. The summed E-state index contributed by atoms with van der Waals surface area (Å²) in [4.78, 5) is 0. The van der Waals surface area contributed by atoms with Gasteiger partial charge in [-0.3, -0.25) is 0 Å². The maximum absolute atomic E-state index is 4.15. The average molecular weight is 280 g/mol. The maximum Gasteiger partial charge on any atom is 0.117 e. The Balaban J connectivity index is 0.00000180. The van der Waals surface area contributed by atoms with Crippen LogP contribution >= 0.6 is 0 Å². The molecule has 1 aromatic rings. The number of hydrogen-bond donors (Lipinski definition) is 0. The van der Waals surface area contributed by atoms with E-state index >= 15 is 0 Å². The Bertz CT molecular complexity index is 391. The predicted octanol–water partition coefficient (Wildman–Crippen LogP) is 1.16. The van der Waals surface area contributed by atoms with Crippen molar-refractivity contribution in [2.24, 2.45) is 0 Å². The summed E-state index contributed by atoms with van der Waals surface area (Å²) in [6.45, 7) is 5.24. The van der Waals surface area contributed by atoms with Gasteiger partial charge in [0.15, 0.2) is 0 Å². The van der Waals surface area contributed by atoms with Crippen molar-refractivity contribution in [1.82, 2.24) is 0 Å². The Morgan fingerprint density at radius 2 is 1.68 bits per heavy atom. The van der Waals surface area contributed by atoms with Crippen LogP contribution in [0.15, 0.2) is 43.0 Å². The van der Waals surface area contributed by atoms with Gasteiger partial charge in [-0.1, -0.05) is 43.3 Å². The summed E-state index contributed by atoms with van der Waals surface area (Å²) >= 11 is 0. The monoisotopic (exact) mass is 279 g/mol. The normalized spacial score (nSPS) is 18.4. The molecule has 1 aliphatic carbocycles. The molecule has 0 amide bonds. The van der Waals surface area contributed by atoms with Crippen molar-refractivity contribution in [3.05, 3.63) is 48.6 Å². The maximum atomic E-state index is 4.15. The van der Waals surface area contributed by atoms with Crippen LogP contribution in [0.4, 0.5) is 0 Å². The fourth-order valence-corrected chi connectivity index (χ4v) is 3.42. The molecule has 0 radical (unpaired) electrons. The van der Waals surface area contributed by atoms with E-state index in [2.05, 4.69) is 57.1 Å². The van der Waals surface area contributed by atoms with Crippen molar-refractivity contribution in [2.75, 3.05) is 14.1 Å². The van der Waals surface area contributed by atoms with E-state index in [1.165, 1.54) is 37.7 Å². The van der Waals surface area contributed by atoms with Crippen molar-refractivity contribution in [3.8, 4) is 0 Å². The first-order valence-corrected chi connectivity index (χ1v) is 7.10. The standard InChI is InChI=1S/C17H26N.ClH/c1-4-17(13-9-6-10-14-17)18(2,3)15-16-11-7-5-8-12-16;/h4-5,7-8,11-12H,1,6,9-10,13-15H2,2-3H3;1H/q+1;/p-1. The zero-order valence-corrected chi connectivity index (χ0v) is 13.0. The molecule has 2 rings (SSSR count). The first-order chi connectivity index (χ1) is 8.60. The third-order valence-electron chi connectivity index (χ3n) is 4.73. The number of nitrogens with zero attached hydrogens (tertiary/aromatic N) is 1. The molecular formula is C17H26ClN. The molecule has 0 aliphatic heterocycles. The van der Waals surface area contributed by atoms with Crippen LogP contribution in [-0.4, -0.2) is 24.1 Å². The molecule has 0 aromatic heterocycles.